The van der Waals surface area contributed by atoms with Crippen LogP contribution >= 0.6 is 0 Å². The zero-order valence-electron chi connectivity index (χ0n) is 11.8. The van der Waals surface area contributed by atoms with Crippen molar-refractivity contribution >= 4 is 17.4 Å². The summed E-state index contributed by atoms with van der Waals surface area (Å²) < 4.78 is 0. The van der Waals surface area contributed by atoms with E-state index in [1.54, 1.807) is 6.07 Å². The quantitative estimate of drug-likeness (QED) is 0.579. The third-order valence-corrected chi connectivity index (χ3v) is 2.90. The van der Waals surface area contributed by atoms with Crippen LogP contribution in [0.4, 0.5) is 16.2 Å². The molecule has 7 nitrogen and oxygen atoms in total. The second-order valence-corrected chi connectivity index (χ2v) is 5.56. The Balaban J connectivity index is 2.71. The summed E-state index contributed by atoms with van der Waals surface area (Å²) >= 11 is 0. The van der Waals surface area contributed by atoms with Gasteiger partial charge in [-0.1, -0.05) is 26.8 Å². The number of benzene rings is 1. The number of carbonyl (C=O) groups is 1. The first-order valence-corrected chi connectivity index (χ1v) is 6.26. The van der Waals surface area contributed by atoms with E-state index in [1.165, 1.54) is 18.2 Å². The molecule has 0 aliphatic carbocycles. The van der Waals surface area contributed by atoms with Crippen molar-refractivity contribution < 1.29 is 9.72 Å². The smallest absolute Gasteiger partial charge is 0.319 e. The van der Waals surface area contributed by atoms with Crippen LogP contribution < -0.4 is 16.4 Å². The van der Waals surface area contributed by atoms with Crippen LogP contribution in [0.5, 0.6) is 0 Å². The second-order valence-electron chi connectivity index (χ2n) is 5.56. The first kappa shape index (κ1) is 15.9. The molecule has 7 heteroatoms. The van der Waals surface area contributed by atoms with Gasteiger partial charge in [-0.05, 0) is 11.5 Å². The molecule has 4 N–H and O–H groups in total. The molecule has 110 valence electrons. The van der Waals surface area contributed by atoms with Gasteiger partial charge in [0.1, 0.15) is 0 Å². The fourth-order valence-corrected chi connectivity index (χ4v) is 1.65. The minimum atomic E-state index is -0.513. The lowest BCUT2D eigenvalue weighted by Gasteiger charge is -2.30. The molecule has 1 aromatic carbocycles. The van der Waals surface area contributed by atoms with Crippen LogP contribution in [0.1, 0.15) is 20.8 Å². The minimum Gasteiger partial charge on any atom is -0.333 e. The summed E-state index contributed by atoms with van der Waals surface area (Å²) in [4.78, 5) is 22.0. The van der Waals surface area contributed by atoms with E-state index in [4.69, 9.17) is 5.73 Å². The van der Waals surface area contributed by atoms with E-state index in [-0.39, 0.29) is 17.1 Å². The number of non-ortho nitro benzene ring substituents is 1. The number of urea groups is 1. The standard InChI is InChI=1S/C13H20N4O3/c1-13(2,3)11(8-14)16-12(18)15-9-5-4-6-10(7-9)17(19)20/h4-7,11H,8,14H2,1-3H3,(H2,15,16,18). The number of nitro benzene ring substituents is 1. The molecule has 1 unspecified atom stereocenters. The maximum absolute atomic E-state index is 11.9. The SMILES string of the molecule is CC(C)(C)C(CN)NC(=O)Nc1cccc([N+](=O)[O-])c1. The van der Waals surface area contributed by atoms with E-state index in [9.17, 15) is 14.9 Å². The monoisotopic (exact) mass is 280 g/mol. The zero-order valence-corrected chi connectivity index (χ0v) is 11.8. The predicted molar refractivity (Wildman–Crippen MR) is 77.5 cm³/mol. The molecule has 0 spiro atoms. The summed E-state index contributed by atoms with van der Waals surface area (Å²) in [5, 5.41) is 16.0. The van der Waals surface area contributed by atoms with Gasteiger partial charge in [0.05, 0.1) is 4.92 Å². The van der Waals surface area contributed by atoms with Crippen molar-refractivity contribution in [1.29, 1.82) is 0 Å². The molecule has 0 radical (unpaired) electrons. The largest absolute Gasteiger partial charge is 0.333 e. The molecular formula is C13H20N4O3. The summed E-state index contributed by atoms with van der Waals surface area (Å²) in [6, 6.07) is 5.13. The van der Waals surface area contributed by atoms with E-state index in [1.807, 2.05) is 20.8 Å². The van der Waals surface area contributed by atoms with Gasteiger partial charge in [0.15, 0.2) is 0 Å². The van der Waals surface area contributed by atoms with Crippen LogP contribution in [-0.2, 0) is 0 Å². The van der Waals surface area contributed by atoms with E-state index in [2.05, 4.69) is 10.6 Å². The summed E-state index contributed by atoms with van der Waals surface area (Å²) in [5.41, 5.74) is 5.75. The van der Waals surface area contributed by atoms with Gasteiger partial charge in [-0.2, -0.15) is 0 Å². The van der Waals surface area contributed by atoms with Gasteiger partial charge < -0.3 is 16.4 Å². The number of hydrogen-bond acceptors (Lipinski definition) is 4. The molecule has 0 aliphatic rings. The Morgan fingerprint density at radius 2 is 2.10 bits per heavy atom. The number of nitrogens with two attached hydrogens (primary N) is 1. The van der Waals surface area contributed by atoms with Crippen LogP contribution in [0, 0.1) is 15.5 Å². The van der Waals surface area contributed by atoms with Gasteiger partial charge >= 0.3 is 6.03 Å². The second kappa shape index (κ2) is 6.33. The Kier molecular flexibility index (Phi) is 5.04. The van der Waals surface area contributed by atoms with Crippen LogP contribution in [0.15, 0.2) is 24.3 Å². The van der Waals surface area contributed by atoms with Gasteiger partial charge in [-0.15, -0.1) is 0 Å². The normalized spacial score (nSPS) is 12.6. The topological polar surface area (TPSA) is 110 Å². The third kappa shape index (κ3) is 4.51. The molecule has 1 aromatic rings. The first-order valence-electron chi connectivity index (χ1n) is 6.26. The molecule has 0 fully saturated rings. The maximum Gasteiger partial charge on any atom is 0.319 e. The number of nitrogens with one attached hydrogen (secondary N) is 2. The molecule has 0 bridgehead atoms. The number of rotatable bonds is 4. The molecular weight excluding hydrogens is 260 g/mol. The zero-order chi connectivity index (χ0) is 15.3. The van der Waals surface area contributed by atoms with E-state index in [0.717, 1.165) is 0 Å². The molecule has 20 heavy (non-hydrogen) atoms. The number of amides is 2. The minimum absolute atomic E-state index is 0.0750. The molecule has 0 aromatic heterocycles. The number of nitro groups is 1. The number of nitrogens with zero attached hydrogens (tertiary/aromatic N) is 1. The van der Waals surface area contributed by atoms with E-state index >= 15 is 0 Å². The van der Waals surface area contributed by atoms with E-state index < -0.39 is 11.0 Å². The highest BCUT2D eigenvalue weighted by molar-refractivity contribution is 5.89. The average Bonchev–Trinajstić information content (AvgIpc) is 2.34. The van der Waals surface area contributed by atoms with Crippen LogP contribution in [-0.4, -0.2) is 23.5 Å². The van der Waals surface area contributed by atoms with Crippen LogP contribution in [0.2, 0.25) is 0 Å². The molecule has 0 saturated heterocycles. The fraction of sp³-hybridized carbons (Fsp3) is 0.462. The lowest BCUT2D eigenvalue weighted by Crippen LogP contribution is -2.49. The molecule has 2 amide bonds. The molecule has 0 heterocycles. The number of carbonyl (C=O) groups excluding carboxylic acids is 1. The average molecular weight is 280 g/mol. The fourth-order valence-electron chi connectivity index (χ4n) is 1.65. The molecule has 0 aliphatic heterocycles. The van der Waals surface area contributed by atoms with Crippen molar-refractivity contribution in [2.45, 2.75) is 26.8 Å². The van der Waals surface area contributed by atoms with Crippen molar-refractivity contribution in [3.05, 3.63) is 34.4 Å². The van der Waals surface area contributed by atoms with Gasteiger partial charge in [-0.25, -0.2) is 4.79 Å². The van der Waals surface area contributed by atoms with Crippen LogP contribution in [0.3, 0.4) is 0 Å². The van der Waals surface area contributed by atoms with Crippen LogP contribution in [0.25, 0.3) is 0 Å². The Bertz CT molecular complexity index is 497. The van der Waals surface area contributed by atoms with Crippen molar-refractivity contribution in [1.82, 2.24) is 5.32 Å². The number of anilines is 1. The highest BCUT2D eigenvalue weighted by Crippen LogP contribution is 2.19. The number of hydrogen-bond donors (Lipinski definition) is 3. The summed E-state index contributed by atoms with van der Waals surface area (Å²) in [5.74, 6) is 0. The maximum atomic E-state index is 11.9. The summed E-state index contributed by atoms with van der Waals surface area (Å²) in [7, 11) is 0. The van der Waals surface area contributed by atoms with Gasteiger partial charge in [-0.3, -0.25) is 10.1 Å². The van der Waals surface area contributed by atoms with Gasteiger partial charge in [0.2, 0.25) is 0 Å². The summed E-state index contributed by atoms with van der Waals surface area (Å²) in [6.07, 6.45) is 0. The Morgan fingerprint density at radius 1 is 1.45 bits per heavy atom. The van der Waals surface area contributed by atoms with Gasteiger partial charge in [0.25, 0.3) is 5.69 Å². The third-order valence-electron chi connectivity index (χ3n) is 2.90. The highest BCUT2D eigenvalue weighted by atomic mass is 16.6. The Hall–Kier alpha value is -2.15. The highest BCUT2D eigenvalue weighted by Gasteiger charge is 2.24. The van der Waals surface area contributed by atoms with Crippen molar-refractivity contribution in [3.63, 3.8) is 0 Å². The first-order chi connectivity index (χ1) is 9.24. The molecule has 1 atom stereocenters. The van der Waals surface area contributed by atoms with Gasteiger partial charge in [0, 0.05) is 30.4 Å². The summed E-state index contributed by atoms with van der Waals surface area (Å²) in [6.45, 7) is 6.22. The molecule has 0 saturated carbocycles. The predicted octanol–water partition coefficient (Wildman–Crippen LogP) is 2.09. The van der Waals surface area contributed by atoms with Crippen molar-refractivity contribution in [3.8, 4) is 0 Å². The van der Waals surface area contributed by atoms with Crippen molar-refractivity contribution in [2.24, 2.45) is 11.1 Å². The van der Waals surface area contributed by atoms with Crippen molar-refractivity contribution in [2.75, 3.05) is 11.9 Å². The lowest BCUT2D eigenvalue weighted by atomic mass is 9.87. The van der Waals surface area contributed by atoms with E-state index in [0.29, 0.717) is 12.2 Å². The Labute approximate surface area is 117 Å². The Morgan fingerprint density at radius 3 is 2.60 bits per heavy atom. The molecule has 1 rings (SSSR count). The lowest BCUT2D eigenvalue weighted by molar-refractivity contribution is -0.384.